The van der Waals surface area contributed by atoms with Crippen LogP contribution in [0, 0.1) is 11.8 Å². The molecular formula is C16H15N5O6. The SMILES string of the molecule is CN1C(=O)NC(=O)[C@@H](C(c2ccncc2)[C@H]2C(=O)NC(=O)N(C)C2=O)C1=O. The summed E-state index contributed by atoms with van der Waals surface area (Å²) in [6.07, 6.45) is 2.75. The van der Waals surface area contributed by atoms with Crippen LogP contribution in [0.25, 0.3) is 0 Å². The fourth-order valence-electron chi connectivity index (χ4n) is 3.17. The Hall–Kier alpha value is -3.63. The van der Waals surface area contributed by atoms with E-state index in [4.69, 9.17) is 0 Å². The molecule has 0 aliphatic carbocycles. The van der Waals surface area contributed by atoms with E-state index in [1.165, 1.54) is 38.6 Å². The molecule has 0 radical (unpaired) electrons. The number of hydrogen-bond acceptors (Lipinski definition) is 7. The Bertz CT molecular complexity index is 817. The van der Waals surface area contributed by atoms with Crippen molar-refractivity contribution in [3.05, 3.63) is 30.1 Å². The van der Waals surface area contributed by atoms with Gasteiger partial charge in [0.1, 0.15) is 11.8 Å². The number of imide groups is 4. The number of carbonyl (C=O) groups is 6. The number of nitrogens with zero attached hydrogens (tertiary/aromatic N) is 3. The maximum atomic E-state index is 12.7. The van der Waals surface area contributed by atoms with E-state index in [9.17, 15) is 28.8 Å². The Labute approximate surface area is 152 Å². The molecule has 140 valence electrons. The lowest BCUT2D eigenvalue weighted by Crippen LogP contribution is -2.63. The van der Waals surface area contributed by atoms with E-state index in [0.717, 1.165) is 0 Å². The van der Waals surface area contributed by atoms with Crippen molar-refractivity contribution in [1.29, 1.82) is 0 Å². The zero-order valence-corrected chi connectivity index (χ0v) is 14.3. The largest absolute Gasteiger partial charge is 0.330 e. The van der Waals surface area contributed by atoms with Crippen molar-refractivity contribution in [1.82, 2.24) is 25.4 Å². The van der Waals surface area contributed by atoms with Gasteiger partial charge in [-0.15, -0.1) is 0 Å². The highest BCUT2D eigenvalue weighted by Gasteiger charge is 2.53. The molecule has 11 heteroatoms. The summed E-state index contributed by atoms with van der Waals surface area (Å²) in [5.41, 5.74) is 0.317. The molecule has 8 amide bonds. The lowest BCUT2D eigenvalue weighted by atomic mass is 9.73. The van der Waals surface area contributed by atoms with Gasteiger partial charge in [-0.25, -0.2) is 9.59 Å². The van der Waals surface area contributed by atoms with Crippen molar-refractivity contribution in [3.8, 4) is 0 Å². The van der Waals surface area contributed by atoms with Crippen molar-refractivity contribution in [2.75, 3.05) is 14.1 Å². The zero-order valence-electron chi connectivity index (χ0n) is 14.3. The van der Waals surface area contributed by atoms with Crippen LogP contribution in [-0.4, -0.2) is 64.6 Å². The Morgan fingerprint density at radius 3 is 1.63 bits per heavy atom. The summed E-state index contributed by atoms with van der Waals surface area (Å²) in [5.74, 6) is -7.83. The molecule has 3 heterocycles. The number of aromatic nitrogens is 1. The number of urea groups is 2. The molecule has 2 fully saturated rings. The lowest BCUT2D eigenvalue weighted by Gasteiger charge is -2.38. The van der Waals surface area contributed by atoms with E-state index in [0.29, 0.717) is 15.4 Å². The van der Waals surface area contributed by atoms with Gasteiger partial charge in [-0.2, -0.15) is 0 Å². The maximum Gasteiger partial charge on any atom is 0.330 e. The van der Waals surface area contributed by atoms with Gasteiger partial charge in [0, 0.05) is 32.4 Å². The standard InChI is InChI=1S/C16H15N5O6/c1-20-13(24)9(11(22)18-15(20)26)8(7-3-5-17-6-4-7)10-12(23)19-16(27)21(2)14(10)25/h3-6,8-10H,1-2H3,(H,18,22,26)(H,19,23,27)/t8?,9-,10+. The van der Waals surface area contributed by atoms with Gasteiger partial charge >= 0.3 is 12.1 Å². The summed E-state index contributed by atoms with van der Waals surface area (Å²) >= 11 is 0. The summed E-state index contributed by atoms with van der Waals surface area (Å²) in [5, 5.41) is 4.07. The van der Waals surface area contributed by atoms with Gasteiger partial charge in [0.25, 0.3) is 0 Å². The van der Waals surface area contributed by atoms with Gasteiger partial charge in [-0.1, -0.05) is 0 Å². The van der Waals surface area contributed by atoms with Crippen molar-refractivity contribution >= 4 is 35.7 Å². The number of carbonyl (C=O) groups excluding carboxylic acids is 6. The highest BCUT2D eigenvalue weighted by molar-refractivity contribution is 6.20. The summed E-state index contributed by atoms with van der Waals surface area (Å²) in [7, 11) is 2.36. The third-order valence-electron chi connectivity index (χ3n) is 4.64. The normalized spacial score (nSPS) is 24.7. The molecule has 2 aliphatic heterocycles. The molecule has 0 bridgehead atoms. The van der Waals surface area contributed by atoms with Crippen LogP contribution in [0.3, 0.4) is 0 Å². The molecule has 1 unspecified atom stereocenters. The van der Waals surface area contributed by atoms with Crippen LogP contribution in [0.4, 0.5) is 9.59 Å². The van der Waals surface area contributed by atoms with Gasteiger partial charge in [0.05, 0.1) is 0 Å². The molecule has 0 saturated carbocycles. The van der Waals surface area contributed by atoms with E-state index >= 15 is 0 Å². The third-order valence-corrected chi connectivity index (χ3v) is 4.64. The van der Waals surface area contributed by atoms with E-state index in [2.05, 4.69) is 4.98 Å². The van der Waals surface area contributed by atoms with Crippen LogP contribution in [0.5, 0.6) is 0 Å². The number of barbiturate groups is 2. The quantitative estimate of drug-likeness (QED) is 0.634. The van der Waals surface area contributed by atoms with Crippen LogP contribution in [-0.2, 0) is 19.2 Å². The molecule has 27 heavy (non-hydrogen) atoms. The number of rotatable bonds is 3. The van der Waals surface area contributed by atoms with Crippen LogP contribution in [0.2, 0.25) is 0 Å². The van der Waals surface area contributed by atoms with Gasteiger partial charge in [-0.3, -0.25) is 44.6 Å². The molecule has 2 saturated heterocycles. The molecule has 0 aromatic carbocycles. The average Bonchev–Trinajstić information content (AvgIpc) is 2.64. The predicted octanol–water partition coefficient (Wildman–Crippen LogP) is -1.19. The molecular weight excluding hydrogens is 358 g/mol. The first-order valence-corrected chi connectivity index (χ1v) is 7.88. The van der Waals surface area contributed by atoms with Crippen molar-refractivity contribution in [3.63, 3.8) is 0 Å². The van der Waals surface area contributed by atoms with Gasteiger partial charge in [-0.05, 0) is 17.7 Å². The van der Waals surface area contributed by atoms with Gasteiger partial charge < -0.3 is 0 Å². The van der Waals surface area contributed by atoms with Crippen LogP contribution in [0.1, 0.15) is 11.5 Å². The van der Waals surface area contributed by atoms with Crippen LogP contribution < -0.4 is 10.6 Å². The lowest BCUT2D eigenvalue weighted by molar-refractivity contribution is -0.147. The summed E-state index contributed by atoms with van der Waals surface area (Å²) in [6, 6.07) is 1.11. The van der Waals surface area contributed by atoms with E-state index in [1.54, 1.807) is 0 Å². The molecule has 2 aliphatic rings. The number of hydrogen-bond donors (Lipinski definition) is 2. The fourth-order valence-corrected chi connectivity index (χ4v) is 3.17. The Morgan fingerprint density at radius 1 is 0.815 bits per heavy atom. The summed E-state index contributed by atoms with van der Waals surface area (Å²) < 4.78 is 0. The fraction of sp³-hybridized carbons (Fsp3) is 0.312. The molecule has 1 aromatic rings. The first-order chi connectivity index (χ1) is 12.7. The smallest absolute Gasteiger partial charge is 0.277 e. The first-order valence-electron chi connectivity index (χ1n) is 7.88. The van der Waals surface area contributed by atoms with Crippen molar-refractivity contribution in [2.45, 2.75) is 5.92 Å². The minimum absolute atomic E-state index is 0.317. The molecule has 3 atom stereocenters. The Kier molecular flexibility index (Phi) is 4.44. The second-order valence-corrected chi connectivity index (χ2v) is 6.14. The molecule has 2 N–H and O–H groups in total. The zero-order chi connectivity index (χ0) is 19.9. The second kappa shape index (κ2) is 6.59. The van der Waals surface area contributed by atoms with Crippen molar-refractivity contribution < 1.29 is 28.8 Å². The van der Waals surface area contributed by atoms with E-state index < -0.39 is 53.4 Å². The molecule has 3 rings (SSSR count). The van der Waals surface area contributed by atoms with Crippen molar-refractivity contribution in [2.24, 2.45) is 11.8 Å². The summed E-state index contributed by atoms with van der Waals surface area (Å²) in [4.78, 5) is 78.9. The number of amides is 8. The topological polar surface area (TPSA) is 146 Å². The highest BCUT2D eigenvalue weighted by atomic mass is 16.2. The monoisotopic (exact) mass is 373 g/mol. The van der Waals surface area contributed by atoms with Gasteiger partial charge in [0.15, 0.2) is 0 Å². The van der Waals surface area contributed by atoms with E-state index in [1.807, 2.05) is 10.6 Å². The summed E-state index contributed by atoms with van der Waals surface area (Å²) in [6.45, 7) is 0. The highest BCUT2D eigenvalue weighted by Crippen LogP contribution is 2.37. The van der Waals surface area contributed by atoms with Gasteiger partial charge in [0.2, 0.25) is 23.6 Å². The molecule has 0 spiro atoms. The first kappa shape index (κ1) is 18.2. The second-order valence-electron chi connectivity index (χ2n) is 6.14. The number of nitrogens with one attached hydrogen (secondary N) is 2. The predicted molar refractivity (Wildman–Crippen MR) is 86.6 cm³/mol. The number of pyridine rings is 1. The third kappa shape index (κ3) is 2.92. The minimum Gasteiger partial charge on any atom is -0.277 e. The Balaban J connectivity index is 2.13. The maximum absolute atomic E-state index is 12.7. The average molecular weight is 373 g/mol. The van der Waals surface area contributed by atoms with E-state index in [-0.39, 0.29) is 0 Å². The molecule has 11 nitrogen and oxygen atoms in total. The van der Waals surface area contributed by atoms with Crippen LogP contribution >= 0.6 is 0 Å². The van der Waals surface area contributed by atoms with Crippen LogP contribution in [0.15, 0.2) is 24.5 Å². The minimum atomic E-state index is -1.52. The Morgan fingerprint density at radius 2 is 1.22 bits per heavy atom. The molecule has 1 aromatic heterocycles.